The van der Waals surface area contributed by atoms with Crippen LogP contribution >= 0.6 is 0 Å². The second-order valence-corrected chi connectivity index (χ2v) is 3.44. The SMILES string of the molecule is COc1ccc(C(=O)C(C)N)c(O)c1C. The Bertz CT molecular complexity index is 386. The molecule has 0 aliphatic rings. The van der Waals surface area contributed by atoms with E-state index in [1.807, 2.05) is 0 Å². The van der Waals surface area contributed by atoms with E-state index in [0.29, 0.717) is 11.3 Å². The smallest absolute Gasteiger partial charge is 0.182 e. The van der Waals surface area contributed by atoms with Crippen LogP contribution in [-0.2, 0) is 0 Å². The monoisotopic (exact) mass is 209 g/mol. The van der Waals surface area contributed by atoms with Crippen molar-refractivity contribution >= 4 is 5.78 Å². The zero-order valence-electron chi connectivity index (χ0n) is 9.07. The number of phenolic OH excluding ortho intramolecular Hbond substituents is 1. The largest absolute Gasteiger partial charge is 0.507 e. The van der Waals surface area contributed by atoms with Gasteiger partial charge in [-0.1, -0.05) is 0 Å². The van der Waals surface area contributed by atoms with E-state index in [4.69, 9.17) is 10.5 Å². The lowest BCUT2D eigenvalue weighted by Crippen LogP contribution is -2.26. The van der Waals surface area contributed by atoms with Crippen molar-refractivity contribution in [1.82, 2.24) is 0 Å². The number of aromatic hydroxyl groups is 1. The summed E-state index contributed by atoms with van der Waals surface area (Å²) in [5, 5.41) is 9.77. The van der Waals surface area contributed by atoms with Crippen LogP contribution in [0.2, 0.25) is 0 Å². The fourth-order valence-corrected chi connectivity index (χ4v) is 1.35. The van der Waals surface area contributed by atoms with E-state index in [9.17, 15) is 9.90 Å². The van der Waals surface area contributed by atoms with Gasteiger partial charge in [-0.2, -0.15) is 0 Å². The van der Waals surface area contributed by atoms with Gasteiger partial charge in [-0.25, -0.2) is 0 Å². The summed E-state index contributed by atoms with van der Waals surface area (Å²) >= 11 is 0. The van der Waals surface area contributed by atoms with Crippen LogP contribution < -0.4 is 10.5 Å². The average molecular weight is 209 g/mol. The Labute approximate surface area is 88.7 Å². The van der Waals surface area contributed by atoms with Crippen molar-refractivity contribution < 1.29 is 14.6 Å². The summed E-state index contributed by atoms with van der Waals surface area (Å²) < 4.78 is 5.02. The summed E-state index contributed by atoms with van der Waals surface area (Å²) in [6.07, 6.45) is 0. The Morgan fingerprint density at radius 1 is 1.53 bits per heavy atom. The molecule has 0 heterocycles. The number of phenols is 1. The molecule has 0 saturated carbocycles. The summed E-state index contributed by atoms with van der Waals surface area (Å²) in [6.45, 7) is 3.27. The minimum Gasteiger partial charge on any atom is -0.507 e. The molecule has 0 aromatic heterocycles. The molecule has 1 aromatic carbocycles. The number of carbonyl (C=O) groups excluding carboxylic acids is 1. The fraction of sp³-hybridized carbons (Fsp3) is 0.364. The van der Waals surface area contributed by atoms with Gasteiger partial charge in [0.25, 0.3) is 0 Å². The van der Waals surface area contributed by atoms with Crippen molar-refractivity contribution in [2.24, 2.45) is 5.73 Å². The molecule has 0 spiro atoms. The van der Waals surface area contributed by atoms with Crippen molar-refractivity contribution in [3.8, 4) is 11.5 Å². The predicted molar refractivity (Wildman–Crippen MR) is 57.4 cm³/mol. The van der Waals surface area contributed by atoms with Gasteiger partial charge in [0.05, 0.1) is 18.7 Å². The first-order valence-electron chi connectivity index (χ1n) is 4.65. The Kier molecular flexibility index (Phi) is 3.31. The third-order valence-electron chi connectivity index (χ3n) is 2.28. The highest BCUT2D eigenvalue weighted by atomic mass is 16.5. The molecule has 15 heavy (non-hydrogen) atoms. The van der Waals surface area contributed by atoms with Gasteiger partial charge < -0.3 is 15.6 Å². The number of carbonyl (C=O) groups is 1. The molecular formula is C11H15NO3. The van der Waals surface area contributed by atoms with E-state index in [-0.39, 0.29) is 17.1 Å². The second kappa shape index (κ2) is 4.31. The molecule has 0 saturated heterocycles. The van der Waals surface area contributed by atoms with Crippen molar-refractivity contribution in [2.75, 3.05) is 7.11 Å². The van der Waals surface area contributed by atoms with Gasteiger partial charge in [-0.05, 0) is 26.0 Å². The molecular weight excluding hydrogens is 194 g/mol. The zero-order valence-corrected chi connectivity index (χ0v) is 9.07. The predicted octanol–water partition coefficient (Wildman–Crippen LogP) is 1.24. The van der Waals surface area contributed by atoms with Gasteiger partial charge in [0.1, 0.15) is 11.5 Å². The number of ketones is 1. The lowest BCUT2D eigenvalue weighted by molar-refractivity contribution is 0.0965. The number of benzene rings is 1. The van der Waals surface area contributed by atoms with Crippen LogP contribution in [0.4, 0.5) is 0 Å². The molecule has 1 atom stereocenters. The standard InChI is InChI=1S/C11H15NO3/c1-6-9(15-3)5-4-8(10(6)13)11(14)7(2)12/h4-5,7,13H,12H2,1-3H3. The van der Waals surface area contributed by atoms with Crippen molar-refractivity contribution in [2.45, 2.75) is 19.9 Å². The van der Waals surface area contributed by atoms with Gasteiger partial charge in [-0.15, -0.1) is 0 Å². The molecule has 4 heteroatoms. The third-order valence-corrected chi connectivity index (χ3v) is 2.28. The summed E-state index contributed by atoms with van der Waals surface area (Å²) in [5.41, 5.74) is 6.25. The second-order valence-electron chi connectivity index (χ2n) is 3.44. The van der Waals surface area contributed by atoms with Crippen LogP contribution in [0.15, 0.2) is 12.1 Å². The Morgan fingerprint density at radius 3 is 2.60 bits per heavy atom. The van der Waals surface area contributed by atoms with Gasteiger partial charge in [-0.3, -0.25) is 4.79 Å². The van der Waals surface area contributed by atoms with E-state index in [0.717, 1.165) is 0 Å². The maximum absolute atomic E-state index is 11.6. The fourth-order valence-electron chi connectivity index (χ4n) is 1.35. The third kappa shape index (κ3) is 2.10. The molecule has 1 rings (SSSR count). The average Bonchev–Trinajstić information content (AvgIpc) is 2.21. The van der Waals surface area contributed by atoms with Crippen LogP contribution in [0.1, 0.15) is 22.8 Å². The lowest BCUT2D eigenvalue weighted by Gasteiger charge is -2.11. The van der Waals surface area contributed by atoms with Crippen LogP contribution in [-0.4, -0.2) is 24.0 Å². The van der Waals surface area contributed by atoms with Gasteiger partial charge in [0, 0.05) is 5.56 Å². The van der Waals surface area contributed by atoms with Crippen LogP contribution in [0.25, 0.3) is 0 Å². The molecule has 0 fully saturated rings. The molecule has 0 amide bonds. The Morgan fingerprint density at radius 2 is 2.13 bits per heavy atom. The van der Waals surface area contributed by atoms with Crippen LogP contribution in [0, 0.1) is 6.92 Å². The molecule has 0 aliphatic heterocycles. The highest BCUT2D eigenvalue weighted by Crippen LogP contribution is 2.30. The molecule has 3 N–H and O–H groups in total. The molecule has 0 radical (unpaired) electrons. The van der Waals surface area contributed by atoms with Crippen LogP contribution in [0.5, 0.6) is 11.5 Å². The number of methoxy groups -OCH3 is 1. The molecule has 0 aliphatic carbocycles. The lowest BCUT2D eigenvalue weighted by atomic mass is 10.0. The first kappa shape index (κ1) is 11.5. The Balaban J connectivity index is 3.23. The molecule has 1 aromatic rings. The van der Waals surface area contributed by atoms with Crippen LogP contribution in [0.3, 0.4) is 0 Å². The van der Waals surface area contributed by atoms with Gasteiger partial charge in [0.15, 0.2) is 5.78 Å². The van der Waals surface area contributed by atoms with E-state index < -0.39 is 6.04 Å². The number of ether oxygens (including phenoxy) is 1. The van der Waals surface area contributed by atoms with E-state index >= 15 is 0 Å². The van der Waals surface area contributed by atoms with E-state index in [2.05, 4.69) is 0 Å². The maximum atomic E-state index is 11.6. The maximum Gasteiger partial charge on any atom is 0.182 e. The molecule has 4 nitrogen and oxygen atoms in total. The number of nitrogens with two attached hydrogens (primary N) is 1. The minimum absolute atomic E-state index is 0.0587. The minimum atomic E-state index is -0.622. The number of hydrogen-bond acceptors (Lipinski definition) is 4. The van der Waals surface area contributed by atoms with Crippen molar-refractivity contribution in [3.63, 3.8) is 0 Å². The normalized spacial score (nSPS) is 12.3. The highest BCUT2D eigenvalue weighted by molar-refractivity contribution is 6.02. The first-order valence-corrected chi connectivity index (χ1v) is 4.65. The van der Waals surface area contributed by atoms with Gasteiger partial charge in [0.2, 0.25) is 0 Å². The zero-order chi connectivity index (χ0) is 11.6. The highest BCUT2D eigenvalue weighted by Gasteiger charge is 2.18. The van der Waals surface area contributed by atoms with Crippen molar-refractivity contribution in [3.05, 3.63) is 23.3 Å². The topological polar surface area (TPSA) is 72.5 Å². The summed E-state index contributed by atoms with van der Waals surface area (Å²) in [5.74, 6) is 0.212. The van der Waals surface area contributed by atoms with E-state index in [1.54, 1.807) is 19.9 Å². The number of Topliss-reactive ketones (excluding diaryl/α,β-unsaturated/α-hetero) is 1. The quantitative estimate of drug-likeness (QED) is 0.734. The number of rotatable bonds is 3. The number of hydrogen-bond donors (Lipinski definition) is 2. The van der Waals surface area contributed by atoms with Gasteiger partial charge >= 0.3 is 0 Å². The van der Waals surface area contributed by atoms with E-state index in [1.165, 1.54) is 13.2 Å². The molecule has 82 valence electrons. The molecule has 1 unspecified atom stereocenters. The molecule has 0 bridgehead atoms. The Hall–Kier alpha value is -1.55. The summed E-state index contributed by atoms with van der Waals surface area (Å²) in [4.78, 5) is 11.6. The summed E-state index contributed by atoms with van der Waals surface area (Å²) in [7, 11) is 1.51. The first-order chi connectivity index (χ1) is 6.99. The van der Waals surface area contributed by atoms with Crippen molar-refractivity contribution in [1.29, 1.82) is 0 Å². The summed E-state index contributed by atoms with van der Waals surface area (Å²) in [6, 6.07) is 2.54.